The van der Waals surface area contributed by atoms with E-state index in [9.17, 15) is 0 Å². The Morgan fingerprint density at radius 1 is 0.500 bits per heavy atom. The average molecular weight is 670 g/mol. The van der Waals surface area contributed by atoms with E-state index < -0.39 is 0 Å². The minimum Gasteiger partial charge on any atom is -0.456 e. The first-order chi connectivity index (χ1) is 25.7. The molecule has 0 aliphatic carbocycles. The molecule has 0 atom stereocenters. The summed E-state index contributed by atoms with van der Waals surface area (Å²) in [5.74, 6) is 0.977. The van der Waals surface area contributed by atoms with Crippen molar-refractivity contribution in [3.63, 3.8) is 0 Å². The summed E-state index contributed by atoms with van der Waals surface area (Å²) in [7, 11) is 0. The zero-order valence-electron chi connectivity index (χ0n) is 28.1. The van der Waals surface area contributed by atoms with Crippen molar-refractivity contribution in [2.75, 3.05) is 0 Å². The van der Waals surface area contributed by atoms with E-state index in [1.807, 2.05) is 66.7 Å². The van der Waals surface area contributed by atoms with Crippen molar-refractivity contribution in [2.45, 2.75) is 6.54 Å². The van der Waals surface area contributed by atoms with Gasteiger partial charge in [-0.05, 0) is 69.1 Å². The number of nitrogens with two attached hydrogens (primary N) is 1. The Hall–Kier alpha value is -6.98. The van der Waals surface area contributed by atoms with Gasteiger partial charge in [-0.1, -0.05) is 127 Å². The molecule has 0 spiro atoms. The molecule has 52 heavy (non-hydrogen) atoms. The summed E-state index contributed by atoms with van der Waals surface area (Å²) in [5.41, 5.74) is 14.9. The number of nitrogens with zero attached hydrogens (tertiary/aromatic N) is 2. The summed E-state index contributed by atoms with van der Waals surface area (Å²) in [6, 6.07) is 56.0. The van der Waals surface area contributed by atoms with Crippen molar-refractivity contribution >= 4 is 77.1 Å². The highest BCUT2D eigenvalue weighted by molar-refractivity contribution is 6.14. The molecule has 5 heteroatoms. The van der Waals surface area contributed by atoms with Gasteiger partial charge in [-0.3, -0.25) is 4.99 Å². The summed E-state index contributed by atoms with van der Waals surface area (Å²) in [6.07, 6.45) is 0. The minimum atomic E-state index is 0.375. The number of hydrogen-bond acceptors (Lipinski definition) is 3. The number of aliphatic imine (C=N–C) groups is 2. The number of fused-ring (bicyclic) bond motifs is 8. The first kappa shape index (κ1) is 29.9. The third-order valence-electron chi connectivity index (χ3n) is 9.98. The molecule has 10 aromatic rings. The second kappa shape index (κ2) is 12.1. The van der Waals surface area contributed by atoms with Crippen LogP contribution < -0.4 is 5.73 Å². The van der Waals surface area contributed by atoms with Crippen molar-refractivity contribution in [2.24, 2.45) is 15.7 Å². The van der Waals surface area contributed by atoms with Crippen LogP contribution in [-0.4, -0.2) is 11.7 Å². The molecule has 0 saturated carbocycles. The van der Waals surface area contributed by atoms with Gasteiger partial charge in [-0.2, -0.15) is 0 Å². The van der Waals surface area contributed by atoms with Gasteiger partial charge in [0.05, 0.1) is 6.54 Å². The summed E-state index contributed by atoms with van der Waals surface area (Å²) in [4.78, 5) is 10.2. The first-order valence-electron chi connectivity index (χ1n) is 17.4. The highest BCUT2D eigenvalue weighted by atomic mass is 16.3. The lowest BCUT2D eigenvalue weighted by atomic mass is 9.97. The monoisotopic (exact) mass is 669 g/mol. The zero-order chi connectivity index (χ0) is 34.6. The van der Waals surface area contributed by atoms with Gasteiger partial charge >= 0.3 is 0 Å². The molecule has 0 amide bonds. The fourth-order valence-electron chi connectivity index (χ4n) is 7.36. The Labute approximate surface area is 299 Å². The lowest BCUT2D eigenvalue weighted by Gasteiger charge is -2.09. The van der Waals surface area contributed by atoms with E-state index in [0.717, 1.165) is 93.2 Å². The predicted octanol–water partition coefficient (Wildman–Crippen LogP) is 11.8. The molecule has 2 heterocycles. The maximum Gasteiger partial charge on any atom is 0.157 e. The van der Waals surface area contributed by atoms with Crippen LogP contribution in [0.4, 0.5) is 0 Å². The molecule has 246 valence electrons. The highest BCUT2D eigenvalue weighted by Crippen LogP contribution is 2.40. The summed E-state index contributed by atoms with van der Waals surface area (Å²) in [6.45, 7) is 0.375. The molecule has 0 aliphatic rings. The molecule has 0 bridgehead atoms. The zero-order valence-corrected chi connectivity index (χ0v) is 28.1. The number of furan rings is 2. The van der Waals surface area contributed by atoms with E-state index in [1.165, 1.54) is 0 Å². The Balaban J connectivity index is 1.11. The summed E-state index contributed by atoms with van der Waals surface area (Å²) < 4.78 is 12.9. The van der Waals surface area contributed by atoms with E-state index in [0.29, 0.717) is 18.2 Å². The van der Waals surface area contributed by atoms with Gasteiger partial charge in [0.25, 0.3) is 0 Å². The molecule has 8 aromatic carbocycles. The van der Waals surface area contributed by atoms with Gasteiger partial charge in [0, 0.05) is 38.2 Å². The van der Waals surface area contributed by atoms with Crippen LogP contribution in [0.1, 0.15) is 16.7 Å². The molecular weight excluding hydrogens is 639 g/mol. The topological polar surface area (TPSA) is 77.0 Å². The Bertz CT molecular complexity index is 3070. The maximum absolute atomic E-state index is 6.75. The fraction of sp³-hybridized carbons (Fsp3) is 0.0213. The van der Waals surface area contributed by atoms with E-state index in [2.05, 4.69) is 97.1 Å². The lowest BCUT2D eigenvalue weighted by molar-refractivity contribution is 0.668. The minimum absolute atomic E-state index is 0.375. The second-order valence-electron chi connectivity index (χ2n) is 13.1. The maximum atomic E-state index is 6.75. The van der Waals surface area contributed by atoms with Crippen molar-refractivity contribution in [1.82, 2.24) is 0 Å². The normalized spacial score (nSPS) is 12.6. The SMILES string of the molecule is N/C(=N\C(=N/Cc1ccc(-c2ccc3c(c2)oc2ccccc23)c2oc3ccccc3c12)c1ccc2ccccc2c1)c1ccc2ccccc2c1. The van der Waals surface area contributed by atoms with Crippen LogP contribution >= 0.6 is 0 Å². The van der Waals surface area contributed by atoms with E-state index in [1.54, 1.807) is 0 Å². The number of benzene rings is 8. The van der Waals surface area contributed by atoms with Crippen LogP contribution in [0.2, 0.25) is 0 Å². The Kier molecular flexibility index (Phi) is 6.96. The smallest absolute Gasteiger partial charge is 0.157 e. The fourth-order valence-corrected chi connectivity index (χ4v) is 7.36. The van der Waals surface area contributed by atoms with Gasteiger partial charge < -0.3 is 14.6 Å². The third kappa shape index (κ3) is 5.10. The molecule has 0 aliphatic heterocycles. The van der Waals surface area contributed by atoms with Gasteiger partial charge in [-0.25, -0.2) is 4.99 Å². The van der Waals surface area contributed by atoms with Crippen molar-refractivity contribution in [3.8, 4) is 11.1 Å². The Morgan fingerprint density at radius 3 is 1.88 bits per heavy atom. The number of hydrogen-bond donors (Lipinski definition) is 1. The van der Waals surface area contributed by atoms with Gasteiger partial charge in [-0.15, -0.1) is 0 Å². The van der Waals surface area contributed by atoms with E-state index in [4.69, 9.17) is 24.6 Å². The van der Waals surface area contributed by atoms with Crippen LogP contribution in [0.25, 0.3) is 76.5 Å². The molecule has 0 radical (unpaired) electrons. The molecule has 0 fully saturated rings. The number of amidine groups is 2. The lowest BCUT2D eigenvalue weighted by Crippen LogP contribution is -2.16. The van der Waals surface area contributed by atoms with Crippen LogP contribution in [0, 0.1) is 0 Å². The molecule has 10 rings (SSSR count). The summed E-state index contributed by atoms with van der Waals surface area (Å²) >= 11 is 0. The van der Waals surface area contributed by atoms with Crippen LogP contribution in [0.15, 0.2) is 183 Å². The molecule has 0 saturated heterocycles. The second-order valence-corrected chi connectivity index (χ2v) is 13.1. The quantitative estimate of drug-likeness (QED) is 0.146. The average Bonchev–Trinajstić information content (AvgIpc) is 3.78. The predicted molar refractivity (Wildman–Crippen MR) is 215 cm³/mol. The molecule has 2 N–H and O–H groups in total. The number of para-hydroxylation sites is 2. The van der Waals surface area contributed by atoms with Crippen molar-refractivity contribution in [1.29, 1.82) is 0 Å². The van der Waals surface area contributed by atoms with Crippen molar-refractivity contribution < 1.29 is 8.83 Å². The van der Waals surface area contributed by atoms with Gasteiger partial charge in [0.2, 0.25) is 0 Å². The van der Waals surface area contributed by atoms with Crippen LogP contribution in [0.3, 0.4) is 0 Å². The van der Waals surface area contributed by atoms with Crippen molar-refractivity contribution in [3.05, 3.63) is 180 Å². The largest absolute Gasteiger partial charge is 0.456 e. The summed E-state index contributed by atoms with van der Waals surface area (Å²) in [5, 5.41) is 8.80. The van der Waals surface area contributed by atoms with Gasteiger partial charge in [0.15, 0.2) is 5.84 Å². The first-order valence-corrected chi connectivity index (χ1v) is 17.4. The van der Waals surface area contributed by atoms with E-state index >= 15 is 0 Å². The Morgan fingerprint density at radius 2 is 1.12 bits per heavy atom. The molecule has 5 nitrogen and oxygen atoms in total. The molecular formula is C47H31N3O2. The van der Waals surface area contributed by atoms with Crippen LogP contribution in [0.5, 0.6) is 0 Å². The molecule has 2 aromatic heterocycles. The van der Waals surface area contributed by atoms with E-state index in [-0.39, 0.29) is 0 Å². The molecule has 0 unspecified atom stereocenters. The standard InChI is InChI=1S/C47H31N3O2/c48-46(34-19-17-29-9-1-3-11-31(29)25-34)50-47(35-20-18-30-10-2-4-12-32(30)26-35)49-28-36-22-23-37(45-44(36)40-14-6-8-16-42(40)52-45)33-21-24-39-38-13-5-7-15-41(38)51-43(39)27-33/h1-27H,28H2,(H2,48,49,50). The third-order valence-corrected chi connectivity index (χ3v) is 9.98. The number of rotatable bonds is 5. The highest BCUT2D eigenvalue weighted by Gasteiger charge is 2.18. The van der Waals surface area contributed by atoms with Gasteiger partial charge in [0.1, 0.15) is 28.2 Å². The van der Waals surface area contributed by atoms with Crippen LogP contribution in [-0.2, 0) is 6.54 Å².